The number of hydrogen-bond acceptors (Lipinski definition) is 9. The van der Waals surface area contributed by atoms with Crippen molar-refractivity contribution < 1.29 is 23.4 Å². The largest absolute Gasteiger partial charge is 0.508 e. The van der Waals surface area contributed by atoms with Crippen molar-refractivity contribution >= 4 is 28.2 Å². The molecule has 4 aliphatic rings. The van der Waals surface area contributed by atoms with Gasteiger partial charge < -0.3 is 24.5 Å². The number of carbonyl (C=O) groups excluding carboxylic acids is 1. The highest BCUT2D eigenvalue weighted by Gasteiger charge is 2.49. The van der Waals surface area contributed by atoms with Crippen LogP contribution in [0.3, 0.4) is 0 Å². The number of phenols is 1. The SMILES string of the molecule is CCc1c(F)ccc2cc(O)cc(N3CCc4c(nc(OC[C@@]56CCCN5C[C@H](F)C6)nc4N4CCCn5nc(C(=O)N(C)C(C)C)cc5C4)C3)c12. The molecule has 11 nitrogen and oxygen atoms in total. The zero-order valence-corrected chi connectivity index (χ0v) is 30.5. The minimum Gasteiger partial charge on any atom is -0.508 e. The summed E-state index contributed by atoms with van der Waals surface area (Å²) in [5, 5.41) is 17.0. The smallest absolute Gasteiger partial charge is 0.318 e. The molecule has 52 heavy (non-hydrogen) atoms. The van der Waals surface area contributed by atoms with Crippen molar-refractivity contribution in [2.24, 2.45) is 0 Å². The third kappa shape index (κ3) is 6.10. The predicted molar refractivity (Wildman–Crippen MR) is 195 cm³/mol. The van der Waals surface area contributed by atoms with E-state index in [-0.39, 0.29) is 35.1 Å². The van der Waals surface area contributed by atoms with Crippen LogP contribution in [0.4, 0.5) is 20.3 Å². The maximum atomic E-state index is 15.1. The van der Waals surface area contributed by atoms with Crippen LogP contribution >= 0.6 is 0 Å². The average Bonchev–Trinajstić information content (AvgIpc) is 3.76. The molecule has 2 saturated heterocycles. The number of aryl methyl sites for hydroxylation is 2. The first-order valence-electron chi connectivity index (χ1n) is 18.7. The number of rotatable bonds is 8. The van der Waals surface area contributed by atoms with Gasteiger partial charge in [-0.05, 0) is 81.6 Å². The van der Waals surface area contributed by atoms with Crippen LogP contribution in [-0.2, 0) is 32.5 Å². The Hall–Kier alpha value is -4.52. The number of halogens is 2. The van der Waals surface area contributed by atoms with Gasteiger partial charge in [-0.25, -0.2) is 8.78 Å². The second-order valence-electron chi connectivity index (χ2n) is 15.3. The Balaban J connectivity index is 1.16. The van der Waals surface area contributed by atoms with Crippen LogP contribution in [0, 0.1) is 5.82 Å². The van der Waals surface area contributed by atoms with Gasteiger partial charge in [-0.1, -0.05) is 13.0 Å². The lowest BCUT2D eigenvalue weighted by molar-refractivity contribution is 0.0748. The summed E-state index contributed by atoms with van der Waals surface area (Å²) in [6, 6.07) is 8.79. The van der Waals surface area contributed by atoms with E-state index in [0.29, 0.717) is 69.9 Å². The Morgan fingerprint density at radius 3 is 2.75 bits per heavy atom. The Kier molecular flexibility index (Phi) is 8.95. The highest BCUT2D eigenvalue weighted by molar-refractivity contribution is 5.98. The Morgan fingerprint density at radius 2 is 1.94 bits per heavy atom. The highest BCUT2D eigenvalue weighted by atomic mass is 19.1. The Bertz CT molecular complexity index is 2020. The molecule has 8 rings (SSSR count). The molecule has 0 spiro atoms. The number of nitrogens with zero attached hydrogens (tertiary/aromatic N) is 8. The molecule has 2 fully saturated rings. The molecule has 276 valence electrons. The third-order valence-corrected chi connectivity index (χ3v) is 11.7. The highest BCUT2D eigenvalue weighted by Crippen LogP contribution is 2.42. The van der Waals surface area contributed by atoms with E-state index in [1.54, 1.807) is 30.1 Å². The normalized spacial score (nSPS) is 21.7. The molecule has 2 atom stereocenters. The summed E-state index contributed by atoms with van der Waals surface area (Å²) in [5.74, 6) is 0.545. The lowest BCUT2D eigenvalue weighted by Crippen LogP contribution is -2.43. The van der Waals surface area contributed by atoms with E-state index in [4.69, 9.17) is 19.8 Å². The average molecular weight is 715 g/mol. The standard InChI is InChI=1S/C39H48F2N8O3/c1-5-29-31(41)9-8-25-16-28(50)18-34(35(25)29)46-15-10-30-33(22-46)42-38(52-23-39-11-6-13-48(39)20-26(40)19-39)43-36(30)47-12-7-14-49-27(21-47)17-32(44-49)37(51)45(4)24(2)3/h8-9,16-18,24,26,50H,5-7,10-15,19-23H2,1-4H3/t26-,39+/m1/s1. The second kappa shape index (κ2) is 13.5. The van der Waals surface area contributed by atoms with Crippen molar-refractivity contribution in [3.63, 3.8) is 0 Å². The zero-order valence-electron chi connectivity index (χ0n) is 30.5. The molecule has 1 N–H and O–H groups in total. The molecular formula is C39H48F2N8O3. The number of fused-ring (bicyclic) bond motifs is 4. The first-order valence-corrected chi connectivity index (χ1v) is 18.7. The van der Waals surface area contributed by atoms with Crippen LogP contribution in [0.25, 0.3) is 10.8 Å². The van der Waals surface area contributed by atoms with E-state index in [1.807, 2.05) is 31.5 Å². The van der Waals surface area contributed by atoms with E-state index in [0.717, 1.165) is 71.6 Å². The topological polar surface area (TPSA) is 103 Å². The number of aromatic nitrogens is 4. The van der Waals surface area contributed by atoms with Crippen LogP contribution in [0.5, 0.6) is 11.8 Å². The number of anilines is 2. The number of ether oxygens (including phenoxy) is 1. The van der Waals surface area contributed by atoms with Crippen LogP contribution in [0.15, 0.2) is 30.3 Å². The number of aromatic hydroxyl groups is 1. The van der Waals surface area contributed by atoms with Crippen LogP contribution < -0.4 is 14.5 Å². The van der Waals surface area contributed by atoms with Crippen LogP contribution in [-0.4, -0.2) is 98.1 Å². The van der Waals surface area contributed by atoms with Crippen molar-refractivity contribution in [2.75, 3.05) is 49.6 Å². The molecule has 2 aromatic carbocycles. The molecule has 0 aliphatic carbocycles. The van der Waals surface area contributed by atoms with E-state index in [1.165, 1.54) is 6.07 Å². The van der Waals surface area contributed by atoms with Crippen molar-refractivity contribution in [1.29, 1.82) is 0 Å². The lowest BCUT2D eigenvalue weighted by Gasteiger charge is -2.35. The quantitative estimate of drug-likeness (QED) is 0.249. The summed E-state index contributed by atoms with van der Waals surface area (Å²) in [5.41, 5.74) is 4.22. The minimum atomic E-state index is -0.869. The number of carbonyl (C=O) groups is 1. The zero-order chi connectivity index (χ0) is 36.3. The van der Waals surface area contributed by atoms with E-state index < -0.39 is 6.17 Å². The van der Waals surface area contributed by atoms with Gasteiger partial charge in [0, 0.05) is 68.4 Å². The summed E-state index contributed by atoms with van der Waals surface area (Å²) in [6.45, 7) is 10.5. The number of alkyl halides is 1. The summed E-state index contributed by atoms with van der Waals surface area (Å²) >= 11 is 0. The first-order chi connectivity index (χ1) is 25.0. The van der Waals surface area contributed by atoms with Crippen molar-refractivity contribution in [3.8, 4) is 11.8 Å². The van der Waals surface area contributed by atoms with E-state index in [2.05, 4.69) is 14.7 Å². The Morgan fingerprint density at radius 1 is 1.10 bits per heavy atom. The molecule has 0 bridgehead atoms. The van der Waals surface area contributed by atoms with Gasteiger partial charge in [0.25, 0.3) is 5.91 Å². The molecule has 4 aliphatic heterocycles. The van der Waals surface area contributed by atoms with Gasteiger partial charge >= 0.3 is 6.01 Å². The van der Waals surface area contributed by atoms with Gasteiger partial charge in [0.2, 0.25) is 0 Å². The van der Waals surface area contributed by atoms with E-state index >= 15 is 4.39 Å². The van der Waals surface area contributed by atoms with Crippen molar-refractivity contribution in [3.05, 3.63) is 64.4 Å². The summed E-state index contributed by atoms with van der Waals surface area (Å²) in [7, 11) is 1.80. The molecule has 0 radical (unpaired) electrons. The number of benzene rings is 2. The van der Waals surface area contributed by atoms with Crippen molar-refractivity contribution in [1.82, 2.24) is 29.5 Å². The fraction of sp³-hybridized carbons (Fsp3) is 0.538. The molecule has 0 saturated carbocycles. The van der Waals surface area contributed by atoms with Crippen LogP contribution in [0.1, 0.15) is 79.5 Å². The Labute approximate surface area is 303 Å². The fourth-order valence-corrected chi connectivity index (χ4v) is 8.80. The number of hydrogen-bond donors (Lipinski definition) is 1. The second-order valence-corrected chi connectivity index (χ2v) is 15.3. The molecule has 1 amide bonds. The monoisotopic (exact) mass is 714 g/mol. The van der Waals surface area contributed by atoms with Gasteiger partial charge in [-0.2, -0.15) is 15.1 Å². The van der Waals surface area contributed by atoms with Gasteiger partial charge in [0.05, 0.1) is 30.0 Å². The summed E-state index contributed by atoms with van der Waals surface area (Å²) < 4.78 is 38.2. The molecule has 13 heteroatoms. The molecule has 6 heterocycles. The third-order valence-electron chi connectivity index (χ3n) is 11.7. The van der Waals surface area contributed by atoms with Crippen LogP contribution in [0.2, 0.25) is 0 Å². The van der Waals surface area contributed by atoms with Gasteiger partial charge in [0.15, 0.2) is 5.69 Å². The maximum absolute atomic E-state index is 15.1. The first kappa shape index (κ1) is 34.6. The fourth-order valence-electron chi connectivity index (χ4n) is 8.80. The number of amides is 1. The van der Waals surface area contributed by atoms with E-state index in [9.17, 15) is 14.3 Å². The number of phenolic OH excluding ortho intramolecular Hbond substituents is 1. The predicted octanol–water partition coefficient (Wildman–Crippen LogP) is 5.64. The van der Waals surface area contributed by atoms with Gasteiger partial charge in [-0.3, -0.25) is 14.4 Å². The summed E-state index contributed by atoms with van der Waals surface area (Å²) in [4.78, 5) is 31.6. The maximum Gasteiger partial charge on any atom is 0.318 e. The molecule has 0 unspecified atom stereocenters. The van der Waals surface area contributed by atoms with Gasteiger partial charge in [0.1, 0.15) is 30.2 Å². The van der Waals surface area contributed by atoms with Gasteiger partial charge in [-0.15, -0.1) is 0 Å². The molecular weight excluding hydrogens is 666 g/mol. The molecule has 2 aromatic heterocycles. The van der Waals surface area contributed by atoms with Crippen molar-refractivity contribution in [2.45, 2.75) is 96.7 Å². The minimum absolute atomic E-state index is 0.0531. The lowest BCUT2D eigenvalue weighted by atomic mass is 9.95. The molecule has 4 aromatic rings. The summed E-state index contributed by atoms with van der Waals surface area (Å²) in [6.07, 6.45) is 3.41.